The number of rotatable bonds is 8. The number of benzene rings is 3. The van der Waals surface area contributed by atoms with Crippen molar-refractivity contribution in [3.8, 4) is 34.0 Å². The summed E-state index contributed by atoms with van der Waals surface area (Å²) >= 11 is 0. The van der Waals surface area contributed by atoms with Gasteiger partial charge in [0, 0.05) is 42.1 Å². The smallest absolute Gasteiger partial charge is 0.450 e. The van der Waals surface area contributed by atoms with E-state index in [9.17, 15) is 14.0 Å². The SMILES string of the molecule is CN(Cc1ccc(-c2noc(-c3ccc(-c4ccccc4)c(F)c3)n2)cc1)C1CCC(OC(=O)O)(OC(=O)O)CC1. The van der Waals surface area contributed by atoms with Gasteiger partial charge in [-0.2, -0.15) is 4.98 Å². The van der Waals surface area contributed by atoms with Crippen molar-refractivity contribution in [2.45, 2.75) is 44.1 Å². The fourth-order valence-corrected chi connectivity index (χ4v) is 5.16. The average Bonchev–Trinajstić information content (AvgIpc) is 3.44. The highest BCUT2D eigenvalue weighted by Crippen LogP contribution is 2.36. The highest BCUT2D eigenvalue weighted by molar-refractivity contribution is 5.68. The van der Waals surface area contributed by atoms with Crippen LogP contribution in [0.5, 0.6) is 0 Å². The Morgan fingerprint density at radius 2 is 1.59 bits per heavy atom. The number of hydrogen-bond acceptors (Lipinski definition) is 8. The number of carbonyl (C=O) groups is 2. The van der Waals surface area contributed by atoms with Crippen LogP contribution in [0.4, 0.5) is 14.0 Å². The molecule has 1 aliphatic rings. The standard InChI is InChI=1S/C30H28FN3O7/c1-34(23-13-15-30(16-14-23,39-28(35)36)40-29(37)38)18-19-7-9-21(10-8-19)26-32-27(41-33-26)22-11-12-24(25(31)17-22)20-5-3-2-4-6-20/h2-12,17,23H,13-16,18H2,1H3,(H,35,36)(H,37,38). The first-order chi connectivity index (χ1) is 19.7. The summed E-state index contributed by atoms with van der Waals surface area (Å²) in [5.41, 5.74) is 3.53. The molecule has 0 saturated heterocycles. The van der Waals surface area contributed by atoms with E-state index in [2.05, 4.69) is 15.0 Å². The van der Waals surface area contributed by atoms with Crippen LogP contribution < -0.4 is 0 Å². The van der Waals surface area contributed by atoms with Crippen LogP contribution in [0.2, 0.25) is 0 Å². The Balaban J connectivity index is 1.20. The van der Waals surface area contributed by atoms with Gasteiger partial charge in [-0.05, 0) is 43.1 Å². The Labute approximate surface area is 234 Å². The molecule has 10 nitrogen and oxygen atoms in total. The molecule has 1 heterocycles. The van der Waals surface area contributed by atoms with Crippen molar-refractivity contribution in [3.63, 3.8) is 0 Å². The van der Waals surface area contributed by atoms with Gasteiger partial charge in [0.25, 0.3) is 11.7 Å². The third kappa shape index (κ3) is 6.52. The Kier molecular flexibility index (Phi) is 7.97. The van der Waals surface area contributed by atoms with E-state index in [0.29, 0.717) is 36.3 Å². The van der Waals surface area contributed by atoms with Crippen LogP contribution in [0.25, 0.3) is 34.0 Å². The maximum atomic E-state index is 14.8. The van der Waals surface area contributed by atoms with Crippen molar-refractivity contribution < 1.29 is 38.2 Å². The second-order valence-corrected chi connectivity index (χ2v) is 9.97. The van der Waals surface area contributed by atoms with Gasteiger partial charge >= 0.3 is 12.3 Å². The lowest BCUT2D eigenvalue weighted by Crippen LogP contribution is -2.47. The number of aromatic nitrogens is 2. The largest absolute Gasteiger partial charge is 0.509 e. The van der Waals surface area contributed by atoms with Crippen molar-refractivity contribution in [3.05, 3.63) is 84.2 Å². The summed E-state index contributed by atoms with van der Waals surface area (Å²) in [6.45, 7) is 0.613. The normalized spacial score (nSPS) is 15.0. The molecule has 4 aromatic rings. The van der Waals surface area contributed by atoms with Crippen molar-refractivity contribution in [2.75, 3.05) is 7.05 Å². The van der Waals surface area contributed by atoms with E-state index >= 15 is 0 Å². The fraction of sp³-hybridized carbons (Fsp3) is 0.267. The molecule has 0 bridgehead atoms. The third-order valence-corrected chi connectivity index (χ3v) is 7.26. The Morgan fingerprint density at radius 1 is 0.951 bits per heavy atom. The molecule has 212 valence electrons. The van der Waals surface area contributed by atoms with Gasteiger partial charge in [0.1, 0.15) is 5.82 Å². The first kappa shape index (κ1) is 27.8. The highest BCUT2D eigenvalue weighted by atomic mass is 19.1. The van der Waals surface area contributed by atoms with Crippen LogP contribution in [0.1, 0.15) is 31.2 Å². The molecule has 1 aliphatic carbocycles. The Hall–Kier alpha value is -4.77. The van der Waals surface area contributed by atoms with Crippen molar-refractivity contribution in [2.24, 2.45) is 0 Å². The molecule has 0 spiro atoms. The molecule has 1 saturated carbocycles. The molecule has 41 heavy (non-hydrogen) atoms. The molecule has 1 aromatic heterocycles. The predicted octanol–water partition coefficient (Wildman–Crippen LogP) is 6.67. The number of nitrogens with zero attached hydrogens (tertiary/aromatic N) is 3. The third-order valence-electron chi connectivity index (χ3n) is 7.26. The van der Waals surface area contributed by atoms with Crippen LogP contribution in [-0.2, 0) is 16.0 Å². The summed E-state index contributed by atoms with van der Waals surface area (Å²) < 4.78 is 29.8. The Morgan fingerprint density at radius 3 is 2.20 bits per heavy atom. The lowest BCUT2D eigenvalue weighted by Gasteiger charge is -2.39. The maximum Gasteiger partial charge on any atom is 0.509 e. The topological polar surface area (TPSA) is 135 Å². The first-order valence-corrected chi connectivity index (χ1v) is 13.0. The number of halogens is 1. The van der Waals surface area contributed by atoms with E-state index in [0.717, 1.165) is 16.7 Å². The predicted molar refractivity (Wildman–Crippen MR) is 145 cm³/mol. The molecule has 1 fully saturated rings. The van der Waals surface area contributed by atoms with Crippen LogP contribution in [0, 0.1) is 5.82 Å². The fourth-order valence-electron chi connectivity index (χ4n) is 5.16. The summed E-state index contributed by atoms with van der Waals surface area (Å²) in [6.07, 6.45) is -1.85. The molecule has 0 radical (unpaired) electrons. The zero-order valence-electron chi connectivity index (χ0n) is 22.2. The van der Waals surface area contributed by atoms with Gasteiger partial charge in [0.2, 0.25) is 5.82 Å². The minimum atomic E-state index is -1.67. The number of ether oxygens (including phenoxy) is 2. The van der Waals surface area contributed by atoms with E-state index in [4.69, 9.17) is 24.2 Å². The van der Waals surface area contributed by atoms with E-state index in [1.807, 2.05) is 61.6 Å². The molecule has 3 aromatic carbocycles. The first-order valence-electron chi connectivity index (χ1n) is 13.0. The highest BCUT2D eigenvalue weighted by Gasteiger charge is 2.43. The monoisotopic (exact) mass is 561 g/mol. The van der Waals surface area contributed by atoms with Crippen molar-refractivity contribution in [1.29, 1.82) is 0 Å². The molecule has 5 rings (SSSR count). The molecule has 0 atom stereocenters. The van der Waals surface area contributed by atoms with Crippen molar-refractivity contribution >= 4 is 12.3 Å². The van der Waals surface area contributed by atoms with Gasteiger partial charge < -0.3 is 24.2 Å². The minimum Gasteiger partial charge on any atom is -0.450 e. The molecule has 11 heteroatoms. The molecule has 0 amide bonds. The van der Waals surface area contributed by atoms with Gasteiger partial charge in [-0.3, -0.25) is 4.90 Å². The van der Waals surface area contributed by atoms with Crippen LogP contribution in [0.15, 0.2) is 77.3 Å². The second kappa shape index (κ2) is 11.8. The zero-order chi connectivity index (χ0) is 29.0. The summed E-state index contributed by atoms with van der Waals surface area (Å²) in [4.78, 5) is 28.7. The lowest BCUT2D eigenvalue weighted by molar-refractivity contribution is -0.204. The summed E-state index contributed by atoms with van der Waals surface area (Å²) in [5, 5.41) is 22.1. The molecule has 0 unspecified atom stereocenters. The summed E-state index contributed by atoms with van der Waals surface area (Å²) in [5.74, 6) is -1.45. The summed E-state index contributed by atoms with van der Waals surface area (Å²) in [6, 6.07) is 21.9. The molecule has 0 aliphatic heterocycles. The minimum absolute atomic E-state index is 0.0889. The zero-order valence-corrected chi connectivity index (χ0v) is 22.2. The van der Waals surface area contributed by atoms with Crippen LogP contribution in [0.3, 0.4) is 0 Å². The number of hydrogen-bond donors (Lipinski definition) is 2. The van der Waals surface area contributed by atoms with E-state index in [1.165, 1.54) is 6.07 Å². The van der Waals surface area contributed by atoms with Gasteiger partial charge in [-0.1, -0.05) is 65.8 Å². The maximum absolute atomic E-state index is 14.8. The van der Waals surface area contributed by atoms with Crippen LogP contribution >= 0.6 is 0 Å². The van der Waals surface area contributed by atoms with Crippen molar-refractivity contribution in [1.82, 2.24) is 15.0 Å². The molecular weight excluding hydrogens is 533 g/mol. The quantitative estimate of drug-likeness (QED) is 0.177. The summed E-state index contributed by atoms with van der Waals surface area (Å²) in [7, 11) is 1.95. The van der Waals surface area contributed by atoms with Gasteiger partial charge in [-0.15, -0.1) is 0 Å². The molecular formula is C30H28FN3O7. The van der Waals surface area contributed by atoms with E-state index in [-0.39, 0.29) is 30.6 Å². The lowest BCUT2D eigenvalue weighted by atomic mass is 9.89. The average molecular weight is 562 g/mol. The van der Waals surface area contributed by atoms with E-state index in [1.54, 1.807) is 12.1 Å². The molecule has 2 N–H and O–H groups in total. The van der Waals surface area contributed by atoms with Gasteiger partial charge in [0.15, 0.2) is 0 Å². The van der Waals surface area contributed by atoms with E-state index < -0.39 is 18.1 Å². The Bertz CT molecular complexity index is 1500. The number of carboxylic acid groups (broad SMARTS) is 2. The van der Waals surface area contributed by atoms with Gasteiger partial charge in [-0.25, -0.2) is 14.0 Å². The second-order valence-electron chi connectivity index (χ2n) is 9.97. The van der Waals surface area contributed by atoms with Gasteiger partial charge in [0.05, 0.1) is 0 Å². The van der Waals surface area contributed by atoms with Crippen LogP contribution in [-0.4, -0.2) is 56.4 Å².